The molecule has 0 spiro atoms. The lowest BCUT2D eigenvalue weighted by Crippen LogP contribution is -2.19. The molecule has 1 atom stereocenters. The Morgan fingerprint density at radius 1 is 1.46 bits per heavy atom. The van der Waals surface area contributed by atoms with Gasteiger partial charge in [-0.2, -0.15) is 0 Å². The van der Waals surface area contributed by atoms with Crippen molar-refractivity contribution in [3.63, 3.8) is 0 Å². The summed E-state index contributed by atoms with van der Waals surface area (Å²) in [6.45, 7) is 4.03. The van der Waals surface area contributed by atoms with Gasteiger partial charge in [0.05, 0.1) is 0 Å². The van der Waals surface area contributed by atoms with Crippen molar-refractivity contribution in [3.05, 3.63) is 29.3 Å². The molecule has 0 amide bonds. The molecule has 0 bridgehead atoms. The molecule has 0 aromatic heterocycles. The highest BCUT2D eigenvalue weighted by molar-refractivity contribution is 7.99. The Morgan fingerprint density at radius 3 is 3.00 bits per heavy atom. The molecule has 2 rings (SSSR count). The number of Topliss-reactive ketones (excluding diaryl/α,β-unsaturated/α-hetero) is 1. The minimum absolute atomic E-state index is 0.180. The van der Waals surface area contributed by atoms with Crippen molar-refractivity contribution >= 4 is 17.5 Å². The molecule has 1 nitrogen and oxygen atoms in total. The first-order valence-electron chi connectivity index (χ1n) is 4.46. The number of fused-ring (bicyclic) bond motifs is 1. The van der Waals surface area contributed by atoms with Crippen LogP contribution in [0.2, 0.25) is 0 Å². The number of carbonyl (C=O) groups is 1. The third-order valence-electron chi connectivity index (χ3n) is 2.34. The van der Waals surface area contributed by atoms with E-state index in [0.29, 0.717) is 5.78 Å². The Balaban J connectivity index is 2.51. The Bertz CT molecular complexity index is 357. The highest BCUT2D eigenvalue weighted by atomic mass is 32.2. The quantitative estimate of drug-likeness (QED) is 0.628. The molecular formula is C11H12OS. The second kappa shape index (κ2) is 3.18. The normalized spacial score (nSPS) is 21.4. The minimum atomic E-state index is 0.180. The van der Waals surface area contributed by atoms with Gasteiger partial charge < -0.3 is 0 Å². The largest absolute Gasteiger partial charge is 0.294 e. The predicted octanol–water partition coefficient (Wildman–Crippen LogP) is 2.92. The number of ketones is 1. The van der Waals surface area contributed by atoms with Gasteiger partial charge in [0.15, 0.2) is 5.78 Å². The van der Waals surface area contributed by atoms with Crippen LogP contribution in [0, 0.1) is 12.8 Å². The van der Waals surface area contributed by atoms with E-state index in [1.54, 1.807) is 11.8 Å². The van der Waals surface area contributed by atoms with Crippen molar-refractivity contribution in [1.29, 1.82) is 0 Å². The van der Waals surface area contributed by atoms with Crippen LogP contribution in [0.15, 0.2) is 23.1 Å². The predicted molar refractivity (Wildman–Crippen MR) is 55.4 cm³/mol. The average Bonchev–Trinajstić information content (AvgIpc) is 2.12. The molecule has 0 radical (unpaired) electrons. The number of hydrogen-bond acceptors (Lipinski definition) is 2. The second-order valence-corrected chi connectivity index (χ2v) is 4.64. The molecule has 0 saturated carbocycles. The number of rotatable bonds is 0. The van der Waals surface area contributed by atoms with Gasteiger partial charge in [0.2, 0.25) is 0 Å². The molecule has 1 aromatic rings. The summed E-state index contributed by atoms with van der Waals surface area (Å²) in [5, 5.41) is 0. The van der Waals surface area contributed by atoms with Crippen molar-refractivity contribution in [2.45, 2.75) is 18.7 Å². The van der Waals surface area contributed by atoms with E-state index in [-0.39, 0.29) is 5.92 Å². The van der Waals surface area contributed by atoms with Crippen molar-refractivity contribution in [2.24, 2.45) is 5.92 Å². The summed E-state index contributed by atoms with van der Waals surface area (Å²) in [7, 11) is 0. The van der Waals surface area contributed by atoms with Crippen LogP contribution in [-0.2, 0) is 0 Å². The summed E-state index contributed by atoms with van der Waals surface area (Å²) in [6.07, 6.45) is 0. The van der Waals surface area contributed by atoms with Crippen LogP contribution in [0.4, 0.5) is 0 Å². The summed E-state index contributed by atoms with van der Waals surface area (Å²) in [4.78, 5) is 12.9. The van der Waals surface area contributed by atoms with Gasteiger partial charge in [-0.05, 0) is 19.1 Å². The van der Waals surface area contributed by atoms with Crippen LogP contribution >= 0.6 is 11.8 Å². The maximum atomic E-state index is 11.8. The van der Waals surface area contributed by atoms with Crippen molar-refractivity contribution in [1.82, 2.24) is 0 Å². The van der Waals surface area contributed by atoms with E-state index in [0.717, 1.165) is 16.2 Å². The molecule has 68 valence electrons. The van der Waals surface area contributed by atoms with E-state index >= 15 is 0 Å². The monoisotopic (exact) mass is 192 g/mol. The van der Waals surface area contributed by atoms with Crippen LogP contribution in [0.5, 0.6) is 0 Å². The third kappa shape index (κ3) is 1.51. The first-order valence-corrected chi connectivity index (χ1v) is 5.44. The standard InChI is InChI=1S/C11H12OS/c1-7-3-4-10-9(5-7)11(12)8(2)6-13-10/h3-5,8H,6H2,1-2H3. The first-order chi connectivity index (χ1) is 6.18. The molecule has 2 heteroatoms. The zero-order valence-corrected chi connectivity index (χ0v) is 8.65. The second-order valence-electron chi connectivity index (χ2n) is 3.58. The van der Waals surface area contributed by atoms with Gasteiger partial charge in [0.1, 0.15) is 0 Å². The maximum absolute atomic E-state index is 11.8. The summed E-state index contributed by atoms with van der Waals surface area (Å²) in [6, 6.07) is 6.12. The number of aryl methyl sites for hydroxylation is 1. The van der Waals surface area contributed by atoms with Gasteiger partial charge in [-0.3, -0.25) is 4.79 Å². The molecule has 1 heterocycles. The molecule has 1 aliphatic heterocycles. The molecule has 13 heavy (non-hydrogen) atoms. The smallest absolute Gasteiger partial charge is 0.167 e. The lowest BCUT2D eigenvalue weighted by Gasteiger charge is -2.19. The van der Waals surface area contributed by atoms with Crippen LogP contribution in [0.1, 0.15) is 22.8 Å². The SMILES string of the molecule is Cc1ccc2c(c1)C(=O)C(C)CS2. The van der Waals surface area contributed by atoms with Gasteiger partial charge in [-0.1, -0.05) is 18.6 Å². The van der Waals surface area contributed by atoms with Crippen LogP contribution < -0.4 is 0 Å². The Kier molecular flexibility index (Phi) is 2.16. The van der Waals surface area contributed by atoms with E-state index < -0.39 is 0 Å². The number of benzene rings is 1. The number of thioether (sulfide) groups is 1. The molecule has 0 aliphatic carbocycles. The van der Waals surface area contributed by atoms with Crippen molar-refractivity contribution < 1.29 is 4.79 Å². The van der Waals surface area contributed by atoms with Gasteiger partial charge in [-0.25, -0.2) is 0 Å². The fourth-order valence-corrected chi connectivity index (χ4v) is 2.58. The molecule has 1 aliphatic rings. The van der Waals surface area contributed by atoms with E-state index in [1.165, 1.54) is 5.56 Å². The van der Waals surface area contributed by atoms with Crippen LogP contribution in [0.25, 0.3) is 0 Å². The van der Waals surface area contributed by atoms with Crippen LogP contribution in [-0.4, -0.2) is 11.5 Å². The van der Waals surface area contributed by atoms with Crippen molar-refractivity contribution in [2.75, 3.05) is 5.75 Å². The molecular weight excluding hydrogens is 180 g/mol. The average molecular weight is 192 g/mol. The lowest BCUT2D eigenvalue weighted by atomic mass is 9.99. The molecule has 0 N–H and O–H groups in total. The highest BCUT2D eigenvalue weighted by Crippen LogP contribution is 2.32. The fraction of sp³-hybridized carbons (Fsp3) is 0.364. The molecule has 0 saturated heterocycles. The number of hydrogen-bond donors (Lipinski definition) is 0. The van der Waals surface area contributed by atoms with Gasteiger partial charge >= 0.3 is 0 Å². The summed E-state index contributed by atoms with van der Waals surface area (Å²) >= 11 is 1.79. The summed E-state index contributed by atoms with van der Waals surface area (Å²) in [5.74, 6) is 1.41. The number of carbonyl (C=O) groups excluding carboxylic acids is 1. The lowest BCUT2D eigenvalue weighted by molar-refractivity contribution is 0.0936. The highest BCUT2D eigenvalue weighted by Gasteiger charge is 2.23. The third-order valence-corrected chi connectivity index (χ3v) is 3.67. The van der Waals surface area contributed by atoms with E-state index in [4.69, 9.17) is 0 Å². The van der Waals surface area contributed by atoms with Crippen LogP contribution in [0.3, 0.4) is 0 Å². The van der Waals surface area contributed by atoms with E-state index in [9.17, 15) is 4.79 Å². The van der Waals surface area contributed by atoms with Crippen molar-refractivity contribution in [3.8, 4) is 0 Å². The first kappa shape index (κ1) is 8.82. The topological polar surface area (TPSA) is 17.1 Å². The zero-order chi connectivity index (χ0) is 9.42. The van der Waals surface area contributed by atoms with E-state index in [2.05, 4.69) is 12.1 Å². The Labute approximate surface area is 82.5 Å². The molecule has 1 aromatic carbocycles. The Hall–Kier alpha value is -0.760. The maximum Gasteiger partial charge on any atom is 0.167 e. The molecule has 1 unspecified atom stereocenters. The molecule has 0 fully saturated rings. The fourth-order valence-electron chi connectivity index (χ4n) is 1.52. The zero-order valence-electron chi connectivity index (χ0n) is 7.83. The summed E-state index contributed by atoms with van der Waals surface area (Å²) < 4.78 is 0. The minimum Gasteiger partial charge on any atom is -0.294 e. The van der Waals surface area contributed by atoms with E-state index in [1.807, 2.05) is 19.9 Å². The summed E-state index contributed by atoms with van der Waals surface area (Å²) in [5.41, 5.74) is 2.09. The van der Waals surface area contributed by atoms with Gasteiger partial charge in [-0.15, -0.1) is 11.8 Å². The van der Waals surface area contributed by atoms with Gasteiger partial charge in [0, 0.05) is 22.1 Å². The Morgan fingerprint density at radius 2 is 2.23 bits per heavy atom. The van der Waals surface area contributed by atoms with Gasteiger partial charge in [0.25, 0.3) is 0 Å².